The lowest BCUT2D eigenvalue weighted by Gasteiger charge is -2.30. The number of alkyl halides is 3. The lowest BCUT2D eigenvalue weighted by atomic mass is 9.94. The zero-order chi connectivity index (χ0) is 14.4. The van der Waals surface area contributed by atoms with Crippen LogP contribution in [0.4, 0.5) is 13.2 Å². The Morgan fingerprint density at radius 1 is 1.33 bits per heavy atom. The quantitative estimate of drug-likeness (QED) is 0.710. The SMILES string of the molecule is CCCC(C)(NC(C)CCCC(F)(F)F)C(=O)O. The standard InChI is InChI=1S/C12H22F3NO2/c1-4-7-11(3,10(17)18)16-9(2)6-5-8-12(13,14)15/h9,16H,4-8H2,1-3H3,(H,17,18). The van der Waals surface area contributed by atoms with Crippen molar-refractivity contribution in [2.75, 3.05) is 0 Å². The first-order valence-corrected chi connectivity index (χ1v) is 6.18. The summed E-state index contributed by atoms with van der Waals surface area (Å²) in [5, 5.41) is 12.0. The molecule has 0 rings (SSSR count). The van der Waals surface area contributed by atoms with Crippen molar-refractivity contribution >= 4 is 5.97 Å². The fourth-order valence-electron chi connectivity index (χ4n) is 1.97. The van der Waals surface area contributed by atoms with Crippen molar-refractivity contribution in [3.05, 3.63) is 0 Å². The largest absolute Gasteiger partial charge is 0.480 e. The Morgan fingerprint density at radius 2 is 1.89 bits per heavy atom. The molecule has 0 saturated heterocycles. The molecule has 0 saturated carbocycles. The van der Waals surface area contributed by atoms with Crippen molar-refractivity contribution in [1.82, 2.24) is 5.32 Å². The molecular weight excluding hydrogens is 247 g/mol. The molecular formula is C12H22F3NO2. The van der Waals surface area contributed by atoms with Gasteiger partial charge in [0.15, 0.2) is 0 Å². The van der Waals surface area contributed by atoms with Crippen molar-refractivity contribution in [2.24, 2.45) is 0 Å². The number of hydrogen-bond donors (Lipinski definition) is 2. The molecule has 0 aromatic rings. The van der Waals surface area contributed by atoms with Gasteiger partial charge >= 0.3 is 12.1 Å². The molecule has 0 aliphatic heterocycles. The minimum atomic E-state index is -4.14. The Hall–Kier alpha value is -0.780. The summed E-state index contributed by atoms with van der Waals surface area (Å²) >= 11 is 0. The average molecular weight is 269 g/mol. The molecule has 3 nitrogen and oxygen atoms in total. The molecule has 0 amide bonds. The van der Waals surface area contributed by atoms with Crippen LogP contribution in [0.1, 0.15) is 52.9 Å². The zero-order valence-electron chi connectivity index (χ0n) is 11.1. The highest BCUT2D eigenvalue weighted by molar-refractivity contribution is 5.78. The van der Waals surface area contributed by atoms with Crippen LogP contribution in [0.3, 0.4) is 0 Å². The van der Waals surface area contributed by atoms with Crippen LogP contribution in [0.2, 0.25) is 0 Å². The third kappa shape index (κ3) is 6.83. The maximum absolute atomic E-state index is 12.0. The molecule has 0 aliphatic rings. The fourth-order valence-corrected chi connectivity index (χ4v) is 1.97. The number of halogens is 3. The van der Waals surface area contributed by atoms with E-state index in [1.807, 2.05) is 6.92 Å². The summed E-state index contributed by atoms with van der Waals surface area (Å²) in [4.78, 5) is 11.1. The first-order chi connectivity index (χ1) is 8.10. The molecule has 0 spiro atoms. The van der Waals surface area contributed by atoms with E-state index in [4.69, 9.17) is 5.11 Å². The van der Waals surface area contributed by atoms with Crippen molar-refractivity contribution in [3.8, 4) is 0 Å². The summed E-state index contributed by atoms with van der Waals surface area (Å²) in [5.74, 6) is -0.966. The van der Waals surface area contributed by atoms with E-state index in [-0.39, 0.29) is 12.5 Å². The predicted octanol–water partition coefficient (Wildman–Crippen LogP) is 3.34. The number of carboxylic acid groups (broad SMARTS) is 1. The molecule has 0 radical (unpaired) electrons. The van der Waals surface area contributed by atoms with Gasteiger partial charge in [-0.2, -0.15) is 13.2 Å². The Morgan fingerprint density at radius 3 is 2.28 bits per heavy atom. The molecule has 2 atom stereocenters. The normalized spacial score (nSPS) is 17.2. The lowest BCUT2D eigenvalue weighted by Crippen LogP contribution is -2.53. The van der Waals surface area contributed by atoms with E-state index in [1.54, 1.807) is 13.8 Å². The van der Waals surface area contributed by atoms with Gasteiger partial charge < -0.3 is 5.11 Å². The molecule has 0 heterocycles. The molecule has 0 bridgehead atoms. The molecule has 0 fully saturated rings. The minimum Gasteiger partial charge on any atom is -0.480 e. The van der Waals surface area contributed by atoms with E-state index in [1.165, 1.54) is 0 Å². The third-order valence-electron chi connectivity index (χ3n) is 2.88. The molecule has 2 N–H and O–H groups in total. The van der Waals surface area contributed by atoms with E-state index in [9.17, 15) is 18.0 Å². The predicted molar refractivity (Wildman–Crippen MR) is 63.5 cm³/mol. The van der Waals surface area contributed by atoms with Gasteiger partial charge in [0.2, 0.25) is 0 Å². The molecule has 0 aromatic carbocycles. The van der Waals surface area contributed by atoms with Gasteiger partial charge in [0.05, 0.1) is 0 Å². The van der Waals surface area contributed by atoms with Gasteiger partial charge in [-0.1, -0.05) is 13.3 Å². The molecule has 0 aliphatic carbocycles. The van der Waals surface area contributed by atoms with Crippen molar-refractivity contribution in [2.45, 2.75) is 70.6 Å². The van der Waals surface area contributed by atoms with E-state index in [2.05, 4.69) is 5.32 Å². The highest BCUT2D eigenvalue weighted by atomic mass is 19.4. The Bertz CT molecular complexity index is 269. The highest BCUT2D eigenvalue weighted by Crippen LogP contribution is 2.23. The van der Waals surface area contributed by atoms with Crippen LogP contribution in [0.5, 0.6) is 0 Å². The van der Waals surface area contributed by atoms with E-state index in [0.717, 1.165) is 0 Å². The van der Waals surface area contributed by atoms with Crippen molar-refractivity contribution in [1.29, 1.82) is 0 Å². The maximum Gasteiger partial charge on any atom is 0.389 e. The van der Waals surface area contributed by atoms with Gasteiger partial charge in [0.1, 0.15) is 5.54 Å². The van der Waals surface area contributed by atoms with E-state index < -0.39 is 24.1 Å². The number of aliphatic carboxylic acids is 1. The molecule has 6 heteroatoms. The van der Waals surface area contributed by atoms with Crippen LogP contribution in [0.15, 0.2) is 0 Å². The van der Waals surface area contributed by atoms with Crippen LogP contribution >= 0.6 is 0 Å². The molecule has 18 heavy (non-hydrogen) atoms. The summed E-state index contributed by atoms with van der Waals surface area (Å²) < 4.78 is 35.9. The second-order valence-corrected chi connectivity index (χ2v) is 4.94. The van der Waals surface area contributed by atoms with Crippen LogP contribution in [0.25, 0.3) is 0 Å². The smallest absolute Gasteiger partial charge is 0.389 e. The number of carboxylic acids is 1. The maximum atomic E-state index is 12.0. The lowest BCUT2D eigenvalue weighted by molar-refractivity contribution is -0.145. The Balaban J connectivity index is 4.19. The topological polar surface area (TPSA) is 49.3 Å². The fraction of sp³-hybridized carbons (Fsp3) is 0.917. The average Bonchev–Trinajstić information content (AvgIpc) is 2.15. The van der Waals surface area contributed by atoms with Gasteiger partial charge in [-0.3, -0.25) is 10.1 Å². The van der Waals surface area contributed by atoms with Gasteiger partial charge in [-0.15, -0.1) is 0 Å². The van der Waals surface area contributed by atoms with Gasteiger partial charge in [-0.05, 0) is 33.1 Å². The number of nitrogens with one attached hydrogen (secondary N) is 1. The second kappa shape index (κ2) is 6.97. The number of carbonyl (C=O) groups is 1. The first kappa shape index (κ1) is 17.2. The monoisotopic (exact) mass is 269 g/mol. The Kier molecular flexibility index (Phi) is 6.67. The summed E-state index contributed by atoms with van der Waals surface area (Å²) in [6.45, 7) is 5.16. The van der Waals surface area contributed by atoms with Crippen LogP contribution in [0, 0.1) is 0 Å². The van der Waals surface area contributed by atoms with Crippen molar-refractivity contribution < 1.29 is 23.1 Å². The summed E-state index contributed by atoms with van der Waals surface area (Å²) in [7, 11) is 0. The second-order valence-electron chi connectivity index (χ2n) is 4.94. The van der Waals surface area contributed by atoms with Crippen LogP contribution in [-0.2, 0) is 4.79 Å². The molecule has 0 aromatic heterocycles. The van der Waals surface area contributed by atoms with Crippen LogP contribution in [-0.4, -0.2) is 28.8 Å². The van der Waals surface area contributed by atoms with Gasteiger partial charge in [0, 0.05) is 12.5 Å². The van der Waals surface area contributed by atoms with Gasteiger partial charge in [0.25, 0.3) is 0 Å². The molecule has 108 valence electrons. The molecule has 2 unspecified atom stereocenters. The number of rotatable bonds is 8. The van der Waals surface area contributed by atoms with Crippen molar-refractivity contribution in [3.63, 3.8) is 0 Å². The van der Waals surface area contributed by atoms with E-state index >= 15 is 0 Å². The first-order valence-electron chi connectivity index (χ1n) is 6.18. The van der Waals surface area contributed by atoms with E-state index in [0.29, 0.717) is 19.3 Å². The van der Waals surface area contributed by atoms with Gasteiger partial charge in [-0.25, -0.2) is 0 Å². The number of hydrogen-bond acceptors (Lipinski definition) is 2. The summed E-state index contributed by atoms with van der Waals surface area (Å²) in [6, 6.07) is -0.250. The zero-order valence-corrected chi connectivity index (χ0v) is 11.1. The highest BCUT2D eigenvalue weighted by Gasteiger charge is 2.33. The van der Waals surface area contributed by atoms with Crippen LogP contribution < -0.4 is 5.32 Å². The summed E-state index contributed by atoms with van der Waals surface area (Å²) in [6.07, 6.45) is -3.49. The third-order valence-corrected chi connectivity index (χ3v) is 2.88. The Labute approximate surface area is 106 Å². The minimum absolute atomic E-state index is 0.0134. The summed E-state index contributed by atoms with van der Waals surface area (Å²) in [5.41, 5.74) is -1.06.